The Kier molecular flexibility index (Phi) is 6.93. The second-order valence-corrected chi connectivity index (χ2v) is 5.74. The van der Waals surface area contributed by atoms with E-state index in [1.54, 1.807) is 18.9 Å². The lowest BCUT2D eigenvalue weighted by atomic mass is 10.2. The Morgan fingerprint density at radius 2 is 1.80 bits per heavy atom. The maximum atomic E-state index is 5.27. The normalized spacial score (nSPS) is 10.2. The molecule has 0 aliphatic heterocycles. The Hall–Kier alpha value is -1.16. The summed E-state index contributed by atoms with van der Waals surface area (Å²) in [6.45, 7) is 0.952. The molecule has 0 atom stereocenters. The molecule has 0 N–H and O–H groups in total. The molecule has 0 amide bonds. The van der Waals surface area contributed by atoms with Crippen LogP contribution in [-0.2, 0) is 6.54 Å². The second-order valence-electron chi connectivity index (χ2n) is 4.63. The Bertz CT molecular complexity index is 546. The lowest BCUT2D eigenvalue weighted by Crippen LogP contribution is -2.11. The molecule has 0 aromatic heterocycles. The van der Waals surface area contributed by atoms with Crippen molar-refractivity contribution in [3.63, 3.8) is 0 Å². The minimum absolute atomic E-state index is 0. The molecule has 0 aliphatic carbocycles. The molecule has 20 heavy (non-hydrogen) atoms. The number of nitrogens with zero attached hydrogens (tertiary/aromatic N) is 1. The Balaban J connectivity index is 0.00000200. The van der Waals surface area contributed by atoms with Gasteiger partial charge in [-0.1, -0.05) is 36.0 Å². The zero-order valence-electron chi connectivity index (χ0n) is 12.0. The van der Waals surface area contributed by atoms with E-state index in [-0.39, 0.29) is 12.4 Å². The van der Waals surface area contributed by atoms with Crippen molar-refractivity contribution in [1.82, 2.24) is 4.90 Å². The van der Waals surface area contributed by atoms with Gasteiger partial charge in [0.2, 0.25) is 0 Å². The van der Waals surface area contributed by atoms with E-state index in [4.69, 9.17) is 4.74 Å². The number of ether oxygens (including phenoxy) is 1. The van der Waals surface area contributed by atoms with Gasteiger partial charge >= 0.3 is 0 Å². The van der Waals surface area contributed by atoms with Crippen molar-refractivity contribution in [3.8, 4) is 5.75 Å². The van der Waals surface area contributed by atoms with Gasteiger partial charge in [-0.2, -0.15) is 0 Å². The fourth-order valence-electron chi connectivity index (χ4n) is 1.87. The maximum absolute atomic E-state index is 5.27. The number of hydrogen-bond donors (Lipinski definition) is 0. The summed E-state index contributed by atoms with van der Waals surface area (Å²) in [5.74, 6) is 0.898. The molecule has 0 radical (unpaired) electrons. The Morgan fingerprint density at radius 3 is 2.50 bits per heavy atom. The molecular weight excluding hydrogens is 290 g/mol. The van der Waals surface area contributed by atoms with Gasteiger partial charge in [-0.15, -0.1) is 12.4 Å². The van der Waals surface area contributed by atoms with Gasteiger partial charge in [0.15, 0.2) is 0 Å². The second kappa shape index (κ2) is 8.20. The average Bonchev–Trinajstić information content (AvgIpc) is 2.41. The van der Waals surface area contributed by atoms with Crippen LogP contribution in [0, 0.1) is 0 Å². The van der Waals surface area contributed by atoms with Gasteiger partial charge in [-0.3, -0.25) is 0 Å². The zero-order valence-corrected chi connectivity index (χ0v) is 13.6. The Morgan fingerprint density at radius 1 is 1.05 bits per heavy atom. The summed E-state index contributed by atoms with van der Waals surface area (Å²) in [5.41, 5.74) is 1.35. The average molecular weight is 310 g/mol. The first-order valence-corrected chi connectivity index (χ1v) is 7.05. The van der Waals surface area contributed by atoms with Crippen molar-refractivity contribution in [2.75, 3.05) is 21.2 Å². The van der Waals surface area contributed by atoms with Crippen LogP contribution in [-0.4, -0.2) is 26.1 Å². The third kappa shape index (κ3) is 4.75. The topological polar surface area (TPSA) is 12.5 Å². The largest absolute Gasteiger partial charge is 0.497 e. The molecule has 0 bridgehead atoms. The zero-order chi connectivity index (χ0) is 13.7. The number of methoxy groups -OCH3 is 1. The van der Waals surface area contributed by atoms with Crippen molar-refractivity contribution in [2.24, 2.45) is 0 Å². The van der Waals surface area contributed by atoms with E-state index < -0.39 is 0 Å². The molecule has 4 heteroatoms. The van der Waals surface area contributed by atoms with Crippen LogP contribution in [0.4, 0.5) is 0 Å². The highest BCUT2D eigenvalue weighted by Crippen LogP contribution is 2.32. The van der Waals surface area contributed by atoms with Gasteiger partial charge in [0.25, 0.3) is 0 Å². The summed E-state index contributed by atoms with van der Waals surface area (Å²) >= 11 is 1.78. The molecule has 0 heterocycles. The van der Waals surface area contributed by atoms with Crippen LogP contribution in [0.2, 0.25) is 0 Å². The standard InChI is InChI=1S/C16H19NOS.ClH/c1-17(2)12-13-7-4-5-10-16(13)19-15-9-6-8-14(11-15)18-3;/h4-11H,12H2,1-3H3;1H. The summed E-state index contributed by atoms with van der Waals surface area (Å²) in [4.78, 5) is 4.68. The van der Waals surface area contributed by atoms with E-state index >= 15 is 0 Å². The van der Waals surface area contributed by atoms with Crippen molar-refractivity contribution in [1.29, 1.82) is 0 Å². The third-order valence-corrected chi connectivity index (χ3v) is 3.84. The molecule has 0 saturated heterocycles. The first kappa shape index (κ1) is 16.9. The highest BCUT2D eigenvalue weighted by Gasteiger charge is 2.05. The van der Waals surface area contributed by atoms with Gasteiger partial charge in [0.05, 0.1) is 7.11 Å². The summed E-state index contributed by atoms with van der Waals surface area (Å²) in [7, 11) is 5.88. The predicted molar refractivity (Wildman–Crippen MR) is 88.2 cm³/mol. The van der Waals surface area contributed by atoms with E-state index in [9.17, 15) is 0 Å². The van der Waals surface area contributed by atoms with Gasteiger partial charge in [-0.05, 0) is 43.9 Å². The number of benzene rings is 2. The van der Waals surface area contributed by atoms with Crippen molar-refractivity contribution in [2.45, 2.75) is 16.3 Å². The van der Waals surface area contributed by atoms with Crippen molar-refractivity contribution < 1.29 is 4.74 Å². The predicted octanol–water partition coefficient (Wildman–Crippen LogP) is 4.33. The molecule has 0 aliphatic rings. The smallest absolute Gasteiger partial charge is 0.119 e. The molecular formula is C16H20ClNOS. The minimum atomic E-state index is 0. The van der Waals surface area contributed by atoms with E-state index in [0.717, 1.165) is 12.3 Å². The summed E-state index contributed by atoms with van der Waals surface area (Å²) in [6.07, 6.45) is 0. The summed E-state index contributed by atoms with van der Waals surface area (Å²) < 4.78 is 5.27. The third-order valence-electron chi connectivity index (χ3n) is 2.73. The molecule has 2 nitrogen and oxygen atoms in total. The fourth-order valence-corrected chi connectivity index (χ4v) is 2.85. The first-order valence-electron chi connectivity index (χ1n) is 6.23. The van der Waals surface area contributed by atoms with Crippen LogP contribution < -0.4 is 4.74 Å². The molecule has 2 aromatic rings. The van der Waals surface area contributed by atoms with E-state index in [1.807, 2.05) is 12.1 Å². The van der Waals surface area contributed by atoms with Crippen LogP contribution in [0.1, 0.15) is 5.56 Å². The van der Waals surface area contributed by atoms with Gasteiger partial charge in [-0.25, -0.2) is 0 Å². The van der Waals surface area contributed by atoms with E-state index in [1.165, 1.54) is 15.4 Å². The fraction of sp³-hybridized carbons (Fsp3) is 0.250. The maximum Gasteiger partial charge on any atom is 0.119 e. The van der Waals surface area contributed by atoms with Gasteiger partial charge in [0, 0.05) is 16.3 Å². The van der Waals surface area contributed by atoms with Gasteiger partial charge < -0.3 is 9.64 Å². The van der Waals surface area contributed by atoms with Crippen molar-refractivity contribution >= 4 is 24.2 Å². The lowest BCUT2D eigenvalue weighted by molar-refractivity contribution is 0.399. The highest BCUT2D eigenvalue weighted by atomic mass is 35.5. The molecule has 0 unspecified atom stereocenters. The van der Waals surface area contributed by atoms with Crippen LogP contribution in [0.3, 0.4) is 0 Å². The molecule has 0 spiro atoms. The van der Waals surface area contributed by atoms with E-state index in [2.05, 4.69) is 55.4 Å². The summed E-state index contributed by atoms with van der Waals surface area (Å²) in [6, 6.07) is 16.7. The number of halogens is 1. The monoisotopic (exact) mass is 309 g/mol. The minimum Gasteiger partial charge on any atom is -0.497 e. The molecule has 2 rings (SSSR count). The Labute approximate surface area is 131 Å². The van der Waals surface area contributed by atoms with E-state index in [0.29, 0.717) is 0 Å². The van der Waals surface area contributed by atoms with Crippen LogP contribution >= 0.6 is 24.2 Å². The lowest BCUT2D eigenvalue weighted by Gasteiger charge is -2.14. The summed E-state index contributed by atoms with van der Waals surface area (Å²) in [5, 5.41) is 0. The molecule has 0 fully saturated rings. The van der Waals surface area contributed by atoms with Gasteiger partial charge in [0.1, 0.15) is 5.75 Å². The SMILES string of the molecule is COc1cccc(Sc2ccccc2CN(C)C)c1.Cl. The van der Waals surface area contributed by atoms with Crippen LogP contribution in [0.5, 0.6) is 5.75 Å². The van der Waals surface area contributed by atoms with Crippen LogP contribution in [0.15, 0.2) is 58.3 Å². The molecule has 0 saturated carbocycles. The number of hydrogen-bond acceptors (Lipinski definition) is 3. The number of rotatable bonds is 5. The molecule has 108 valence electrons. The molecule has 2 aromatic carbocycles. The van der Waals surface area contributed by atoms with Crippen LogP contribution in [0.25, 0.3) is 0 Å². The quantitative estimate of drug-likeness (QED) is 0.815. The van der Waals surface area contributed by atoms with Crippen molar-refractivity contribution in [3.05, 3.63) is 54.1 Å². The highest BCUT2D eigenvalue weighted by molar-refractivity contribution is 7.99. The first-order chi connectivity index (χ1) is 9.19.